The zero-order valence-electron chi connectivity index (χ0n) is 23.4. The van der Waals surface area contributed by atoms with Crippen molar-refractivity contribution < 1.29 is 38.0 Å². The van der Waals surface area contributed by atoms with E-state index in [2.05, 4.69) is 0 Å². The fourth-order valence-electron chi connectivity index (χ4n) is 4.57. The summed E-state index contributed by atoms with van der Waals surface area (Å²) in [5, 5.41) is 0.829. The number of hydrogen-bond donors (Lipinski definition) is 0. The summed E-state index contributed by atoms with van der Waals surface area (Å²) in [4.78, 5) is 27.3. The molecule has 10 heteroatoms. The molecule has 0 amide bonds. The molecule has 4 rings (SSSR count). The summed E-state index contributed by atoms with van der Waals surface area (Å²) in [6, 6.07) is 11.1. The summed E-state index contributed by atoms with van der Waals surface area (Å²) >= 11 is 2.64. The predicted octanol–water partition coefficient (Wildman–Crippen LogP) is 6.53. The van der Waals surface area contributed by atoms with E-state index in [1.54, 1.807) is 42.3 Å². The molecule has 0 aliphatic rings. The van der Waals surface area contributed by atoms with Crippen molar-refractivity contribution in [3.8, 4) is 23.0 Å². The van der Waals surface area contributed by atoms with Gasteiger partial charge in [-0.25, -0.2) is 9.59 Å². The van der Waals surface area contributed by atoms with Crippen LogP contribution in [0.1, 0.15) is 55.4 Å². The summed E-state index contributed by atoms with van der Waals surface area (Å²) in [5.41, 5.74) is 3.18. The first-order chi connectivity index (χ1) is 19.4. The molecule has 212 valence electrons. The SMILES string of the molecule is CCOC(=O)c1sc2sc(C(=O)OCC)c(Cc3cc(OC)ccc3OC)c2c1Cc1cc(OC)ccc1OC. The van der Waals surface area contributed by atoms with Crippen LogP contribution in [0.5, 0.6) is 23.0 Å². The molecule has 0 aliphatic heterocycles. The van der Waals surface area contributed by atoms with E-state index in [0.717, 1.165) is 31.7 Å². The Kier molecular flexibility index (Phi) is 9.54. The molecule has 0 atom stereocenters. The van der Waals surface area contributed by atoms with Crippen LogP contribution in [-0.2, 0) is 22.3 Å². The zero-order chi connectivity index (χ0) is 28.8. The van der Waals surface area contributed by atoms with Crippen molar-refractivity contribution in [1.82, 2.24) is 0 Å². The average Bonchev–Trinajstić information content (AvgIpc) is 3.50. The Balaban J connectivity index is 1.99. The smallest absolute Gasteiger partial charge is 0.348 e. The number of carbonyl (C=O) groups excluding carboxylic acids is 2. The Bertz CT molecular complexity index is 1410. The number of fused-ring (bicyclic) bond motifs is 1. The largest absolute Gasteiger partial charge is 0.497 e. The fraction of sp³-hybridized carbons (Fsp3) is 0.333. The number of ether oxygens (including phenoxy) is 6. The first-order valence-electron chi connectivity index (χ1n) is 12.7. The highest BCUT2D eigenvalue weighted by atomic mass is 32.2. The van der Waals surface area contributed by atoms with Crippen LogP contribution in [0.15, 0.2) is 36.4 Å². The second kappa shape index (κ2) is 13.1. The van der Waals surface area contributed by atoms with E-state index in [0.29, 0.717) is 45.6 Å². The maximum atomic E-state index is 13.2. The van der Waals surface area contributed by atoms with Gasteiger partial charge in [0, 0.05) is 29.4 Å². The summed E-state index contributed by atoms with van der Waals surface area (Å²) in [7, 11) is 6.40. The van der Waals surface area contributed by atoms with Crippen LogP contribution in [0.2, 0.25) is 0 Å². The topological polar surface area (TPSA) is 89.5 Å². The molecule has 4 aromatic rings. The van der Waals surface area contributed by atoms with Gasteiger partial charge in [0.2, 0.25) is 0 Å². The molecule has 8 nitrogen and oxygen atoms in total. The lowest BCUT2D eigenvalue weighted by atomic mass is 9.95. The third-order valence-electron chi connectivity index (χ3n) is 6.38. The lowest BCUT2D eigenvalue weighted by Crippen LogP contribution is -2.08. The van der Waals surface area contributed by atoms with E-state index >= 15 is 0 Å². The van der Waals surface area contributed by atoms with Crippen molar-refractivity contribution in [2.45, 2.75) is 26.7 Å². The van der Waals surface area contributed by atoms with Gasteiger partial charge in [-0.2, -0.15) is 0 Å². The van der Waals surface area contributed by atoms with Gasteiger partial charge in [-0.3, -0.25) is 0 Å². The minimum Gasteiger partial charge on any atom is -0.497 e. The number of hydrogen-bond acceptors (Lipinski definition) is 10. The van der Waals surface area contributed by atoms with Crippen LogP contribution in [0.3, 0.4) is 0 Å². The maximum Gasteiger partial charge on any atom is 0.348 e. The van der Waals surface area contributed by atoms with E-state index in [1.165, 1.54) is 22.7 Å². The molecule has 0 saturated carbocycles. The molecule has 0 spiro atoms. The molecule has 0 bridgehead atoms. The van der Waals surface area contributed by atoms with Gasteiger partial charge in [0.25, 0.3) is 0 Å². The van der Waals surface area contributed by atoms with Crippen molar-refractivity contribution in [2.24, 2.45) is 0 Å². The van der Waals surface area contributed by atoms with Crippen LogP contribution in [0, 0.1) is 0 Å². The Morgan fingerprint density at radius 2 is 1.07 bits per heavy atom. The number of rotatable bonds is 12. The molecule has 2 aromatic heterocycles. The molecule has 0 saturated heterocycles. The molecule has 2 aromatic carbocycles. The van der Waals surface area contributed by atoms with E-state index in [9.17, 15) is 9.59 Å². The van der Waals surface area contributed by atoms with Crippen molar-refractivity contribution in [3.05, 3.63) is 68.4 Å². The van der Waals surface area contributed by atoms with Crippen molar-refractivity contribution in [3.63, 3.8) is 0 Å². The van der Waals surface area contributed by atoms with Gasteiger partial charge in [-0.05, 0) is 61.4 Å². The van der Waals surface area contributed by atoms with Gasteiger partial charge in [-0.1, -0.05) is 0 Å². The van der Waals surface area contributed by atoms with Gasteiger partial charge in [0.1, 0.15) is 32.8 Å². The van der Waals surface area contributed by atoms with Crippen molar-refractivity contribution in [2.75, 3.05) is 41.7 Å². The van der Waals surface area contributed by atoms with Crippen LogP contribution in [0.25, 0.3) is 9.40 Å². The molecular weight excluding hydrogens is 552 g/mol. The maximum absolute atomic E-state index is 13.2. The molecule has 2 heterocycles. The van der Waals surface area contributed by atoms with Crippen LogP contribution < -0.4 is 18.9 Å². The standard InChI is InChI=1S/C30H32O8S2/c1-7-37-28(31)26-21(15-17-13-19(33-3)9-11-23(17)35-5)25-22(27(29(32)38-8-2)40-30(25)39-26)16-18-14-20(34-4)10-12-24(18)36-6/h9-14H,7-8,15-16H2,1-6H3. The first kappa shape index (κ1) is 29.2. The third kappa shape index (κ3) is 5.88. The molecule has 0 unspecified atom stereocenters. The third-order valence-corrected chi connectivity index (χ3v) is 8.89. The molecule has 0 radical (unpaired) electrons. The average molecular weight is 585 g/mol. The molecule has 0 fully saturated rings. The number of carbonyl (C=O) groups is 2. The highest BCUT2D eigenvalue weighted by Gasteiger charge is 2.29. The summed E-state index contributed by atoms with van der Waals surface area (Å²) in [6.07, 6.45) is 0.714. The van der Waals surface area contributed by atoms with Gasteiger partial charge in [-0.15, -0.1) is 22.7 Å². The molecule has 0 N–H and O–H groups in total. The summed E-state index contributed by atoms with van der Waals surface area (Å²) < 4.78 is 33.9. The van der Waals surface area contributed by atoms with Crippen LogP contribution >= 0.6 is 22.7 Å². The van der Waals surface area contributed by atoms with E-state index in [4.69, 9.17) is 28.4 Å². The van der Waals surface area contributed by atoms with E-state index < -0.39 is 11.9 Å². The molecule has 0 aliphatic carbocycles. The second-order valence-corrected chi connectivity index (χ2v) is 10.9. The minimum absolute atomic E-state index is 0.244. The van der Waals surface area contributed by atoms with Crippen LogP contribution in [0.4, 0.5) is 0 Å². The van der Waals surface area contributed by atoms with Gasteiger partial charge in [0.15, 0.2) is 0 Å². The zero-order valence-corrected chi connectivity index (χ0v) is 25.0. The van der Waals surface area contributed by atoms with E-state index in [-0.39, 0.29) is 13.2 Å². The highest BCUT2D eigenvalue weighted by molar-refractivity contribution is 7.40. The Morgan fingerprint density at radius 3 is 1.43 bits per heavy atom. The second-order valence-electron chi connectivity index (χ2n) is 8.63. The number of thiophene rings is 2. The number of methoxy groups -OCH3 is 4. The minimum atomic E-state index is -0.407. The summed E-state index contributed by atoms with van der Waals surface area (Å²) in [5.74, 6) is 1.84. The summed E-state index contributed by atoms with van der Waals surface area (Å²) in [6.45, 7) is 4.04. The van der Waals surface area contributed by atoms with E-state index in [1.807, 2.05) is 36.4 Å². The fourth-order valence-corrected chi connectivity index (χ4v) is 7.18. The normalized spacial score (nSPS) is 10.8. The Labute approximate surface area is 241 Å². The van der Waals surface area contributed by atoms with Gasteiger partial charge < -0.3 is 28.4 Å². The quantitative estimate of drug-likeness (QED) is 0.174. The lowest BCUT2D eigenvalue weighted by molar-refractivity contribution is 0.0522. The Hall–Kier alpha value is -3.76. The Morgan fingerprint density at radius 1 is 0.650 bits per heavy atom. The van der Waals surface area contributed by atoms with Crippen molar-refractivity contribution >= 4 is 44.0 Å². The van der Waals surface area contributed by atoms with Gasteiger partial charge in [0.05, 0.1) is 45.7 Å². The monoisotopic (exact) mass is 584 g/mol. The van der Waals surface area contributed by atoms with Crippen LogP contribution in [-0.4, -0.2) is 53.6 Å². The molecule has 40 heavy (non-hydrogen) atoms. The first-order valence-corrected chi connectivity index (χ1v) is 14.3. The highest BCUT2D eigenvalue weighted by Crippen LogP contribution is 2.45. The predicted molar refractivity (Wildman–Crippen MR) is 156 cm³/mol. The van der Waals surface area contributed by atoms with Crippen molar-refractivity contribution in [1.29, 1.82) is 0 Å². The number of benzene rings is 2. The van der Waals surface area contributed by atoms with Gasteiger partial charge >= 0.3 is 11.9 Å². The number of esters is 2. The molecular formula is C30H32O8S2. The lowest BCUT2D eigenvalue weighted by Gasteiger charge is -2.14.